The van der Waals surface area contributed by atoms with Crippen LogP contribution in [0.1, 0.15) is 46.5 Å². The summed E-state index contributed by atoms with van der Waals surface area (Å²) >= 11 is 5.87. The predicted molar refractivity (Wildman–Crippen MR) is 105 cm³/mol. The maximum Gasteiger partial charge on any atom is 0.243 e. The van der Waals surface area contributed by atoms with Gasteiger partial charge in [0.2, 0.25) is 15.9 Å². The van der Waals surface area contributed by atoms with Crippen LogP contribution in [0.4, 0.5) is 5.69 Å². The van der Waals surface area contributed by atoms with E-state index >= 15 is 0 Å². The molecule has 1 N–H and O–H groups in total. The van der Waals surface area contributed by atoms with E-state index in [1.54, 1.807) is 31.2 Å². The molecule has 1 amide bonds. The van der Waals surface area contributed by atoms with E-state index in [4.69, 9.17) is 11.6 Å². The minimum absolute atomic E-state index is 0.296. The van der Waals surface area contributed by atoms with Crippen molar-refractivity contribution in [1.29, 1.82) is 0 Å². The van der Waals surface area contributed by atoms with E-state index < -0.39 is 16.1 Å². The summed E-state index contributed by atoms with van der Waals surface area (Å²) in [6.45, 7) is 6.41. The number of carbonyl (C=O) groups is 1. The van der Waals surface area contributed by atoms with E-state index in [-0.39, 0.29) is 5.91 Å². The first-order valence-corrected chi connectivity index (χ1v) is 11.0. The van der Waals surface area contributed by atoms with Crippen LogP contribution < -0.4 is 9.62 Å². The lowest BCUT2D eigenvalue weighted by molar-refractivity contribution is -0.122. The Kier molecular flexibility index (Phi) is 8.73. The number of nitrogens with zero attached hydrogens (tertiary/aromatic N) is 1. The maximum absolute atomic E-state index is 12.5. The molecule has 2 atom stereocenters. The molecule has 0 aliphatic heterocycles. The van der Waals surface area contributed by atoms with Crippen LogP contribution in [0.15, 0.2) is 24.3 Å². The van der Waals surface area contributed by atoms with Crippen LogP contribution in [0.5, 0.6) is 0 Å². The van der Waals surface area contributed by atoms with Crippen LogP contribution in [0, 0.1) is 5.92 Å². The largest absolute Gasteiger partial charge is 0.354 e. The number of unbranched alkanes of at least 4 members (excludes halogenated alkanes) is 1. The van der Waals surface area contributed by atoms with E-state index in [1.165, 1.54) is 0 Å². The van der Waals surface area contributed by atoms with E-state index in [9.17, 15) is 13.2 Å². The second kappa shape index (κ2) is 10.0. The van der Waals surface area contributed by atoms with Crippen molar-refractivity contribution in [3.05, 3.63) is 29.3 Å². The summed E-state index contributed by atoms with van der Waals surface area (Å²) < 4.78 is 25.6. The smallest absolute Gasteiger partial charge is 0.243 e. The molecule has 0 aliphatic rings. The van der Waals surface area contributed by atoms with Crippen molar-refractivity contribution in [3.8, 4) is 0 Å². The summed E-state index contributed by atoms with van der Waals surface area (Å²) in [5.41, 5.74) is 0.424. The van der Waals surface area contributed by atoms with Crippen LogP contribution in [0.3, 0.4) is 0 Å². The zero-order chi connectivity index (χ0) is 19.0. The molecule has 0 aromatic heterocycles. The Bertz CT molecular complexity index is 647. The molecule has 0 bridgehead atoms. The van der Waals surface area contributed by atoms with Gasteiger partial charge in [-0.25, -0.2) is 8.42 Å². The molecule has 0 fully saturated rings. The number of amides is 1. The average molecular weight is 389 g/mol. The third-order valence-corrected chi connectivity index (χ3v) is 5.77. The Balaban J connectivity index is 2.85. The Labute approximate surface area is 156 Å². The number of carbonyl (C=O) groups excluding carboxylic acids is 1. The standard InChI is InChI=1S/C18H29ClN2O3S/c1-5-7-8-15(6-2)13-20-18(22)14(3)21(25(4,23)24)17-11-9-16(19)10-12-17/h9-12,14-15H,5-8,13H2,1-4H3,(H,20,22)/t14-,15-/m0/s1. The number of anilines is 1. The molecule has 0 saturated carbocycles. The van der Waals surface area contributed by atoms with Crippen molar-refractivity contribution >= 4 is 33.2 Å². The molecule has 25 heavy (non-hydrogen) atoms. The van der Waals surface area contributed by atoms with E-state index in [0.29, 0.717) is 23.2 Å². The summed E-state index contributed by atoms with van der Waals surface area (Å²) in [6.07, 6.45) is 5.40. The summed E-state index contributed by atoms with van der Waals surface area (Å²) in [6, 6.07) is 5.58. The van der Waals surface area contributed by atoms with Gasteiger partial charge >= 0.3 is 0 Å². The summed E-state index contributed by atoms with van der Waals surface area (Å²) in [5, 5.41) is 3.42. The lowest BCUT2D eigenvalue weighted by atomic mass is 9.99. The monoisotopic (exact) mass is 388 g/mol. The number of sulfonamides is 1. The van der Waals surface area contributed by atoms with E-state index in [1.807, 2.05) is 0 Å². The third-order valence-electron chi connectivity index (χ3n) is 4.28. The second-order valence-electron chi connectivity index (χ2n) is 6.37. The van der Waals surface area contributed by atoms with Gasteiger partial charge < -0.3 is 5.32 Å². The van der Waals surface area contributed by atoms with Crippen molar-refractivity contribution in [1.82, 2.24) is 5.32 Å². The van der Waals surface area contributed by atoms with Gasteiger partial charge in [-0.1, -0.05) is 44.7 Å². The zero-order valence-electron chi connectivity index (χ0n) is 15.5. The Morgan fingerprint density at radius 1 is 1.24 bits per heavy atom. The first-order valence-electron chi connectivity index (χ1n) is 8.73. The molecule has 7 heteroatoms. The minimum atomic E-state index is -3.60. The van der Waals surface area contributed by atoms with Crippen LogP contribution >= 0.6 is 11.6 Å². The van der Waals surface area contributed by atoms with Gasteiger partial charge in [-0.15, -0.1) is 0 Å². The van der Waals surface area contributed by atoms with E-state index in [2.05, 4.69) is 19.2 Å². The molecule has 1 aromatic rings. The SMILES string of the molecule is CCCC[C@H](CC)CNC(=O)[C@H](C)N(c1ccc(Cl)cc1)S(C)(=O)=O. The minimum Gasteiger partial charge on any atom is -0.354 e. The van der Waals surface area contributed by atoms with Gasteiger partial charge in [-0.05, 0) is 43.5 Å². The third kappa shape index (κ3) is 6.86. The van der Waals surface area contributed by atoms with Crippen molar-refractivity contribution in [2.45, 2.75) is 52.5 Å². The van der Waals surface area contributed by atoms with Crippen LogP contribution in [-0.2, 0) is 14.8 Å². The number of nitrogens with one attached hydrogen (secondary N) is 1. The van der Waals surface area contributed by atoms with Crippen LogP contribution in [0.2, 0.25) is 5.02 Å². The molecular weight excluding hydrogens is 360 g/mol. The highest BCUT2D eigenvalue weighted by atomic mass is 35.5. The maximum atomic E-state index is 12.5. The van der Waals surface area contributed by atoms with Gasteiger partial charge in [-0.2, -0.15) is 0 Å². The number of hydrogen-bond acceptors (Lipinski definition) is 3. The highest BCUT2D eigenvalue weighted by Gasteiger charge is 2.29. The molecule has 0 saturated heterocycles. The fourth-order valence-electron chi connectivity index (χ4n) is 2.73. The molecule has 0 heterocycles. The van der Waals surface area contributed by atoms with Gasteiger partial charge in [0.25, 0.3) is 0 Å². The molecule has 1 rings (SSSR count). The molecular formula is C18H29ClN2O3S. The number of hydrogen-bond donors (Lipinski definition) is 1. The van der Waals surface area contributed by atoms with Crippen molar-refractivity contribution in [3.63, 3.8) is 0 Å². The Morgan fingerprint density at radius 2 is 1.84 bits per heavy atom. The predicted octanol–water partition coefficient (Wildman–Crippen LogP) is 3.83. The van der Waals surface area contributed by atoms with Gasteiger partial charge in [-0.3, -0.25) is 9.10 Å². The normalized spacial score (nSPS) is 14.0. The zero-order valence-corrected chi connectivity index (χ0v) is 17.0. The van der Waals surface area contributed by atoms with Crippen molar-refractivity contribution in [2.24, 2.45) is 5.92 Å². The first-order chi connectivity index (χ1) is 11.7. The Morgan fingerprint density at radius 3 is 2.32 bits per heavy atom. The van der Waals surface area contributed by atoms with Crippen molar-refractivity contribution in [2.75, 3.05) is 17.1 Å². The molecule has 0 unspecified atom stereocenters. The summed E-state index contributed by atoms with van der Waals surface area (Å²) in [7, 11) is -3.60. The van der Waals surface area contributed by atoms with Crippen molar-refractivity contribution < 1.29 is 13.2 Å². The lowest BCUT2D eigenvalue weighted by Crippen LogP contribution is -2.48. The summed E-state index contributed by atoms with van der Waals surface area (Å²) in [5.74, 6) is 0.119. The first kappa shape index (κ1) is 21.8. The average Bonchev–Trinajstić information content (AvgIpc) is 2.55. The van der Waals surface area contributed by atoms with Gasteiger partial charge in [0.05, 0.1) is 11.9 Å². The number of halogens is 1. The molecule has 5 nitrogen and oxygen atoms in total. The molecule has 0 radical (unpaired) electrons. The van der Waals surface area contributed by atoms with Crippen LogP contribution in [-0.4, -0.2) is 33.2 Å². The lowest BCUT2D eigenvalue weighted by Gasteiger charge is -2.28. The molecule has 0 spiro atoms. The van der Waals surface area contributed by atoms with Gasteiger partial charge in [0, 0.05) is 11.6 Å². The Hall–Kier alpha value is -1.27. The quantitative estimate of drug-likeness (QED) is 0.662. The molecule has 0 aliphatic carbocycles. The van der Waals surface area contributed by atoms with Crippen LogP contribution in [0.25, 0.3) is 0 Å². The highest BCUT2D eigenvalue weighted by molar-refractivity contribution is 7.92. The summed E-state index contributed by atoms with van der Waals surface area (Å²) in [4.78, 5) is 12.5. The fraction of sp³-hybridized carbons (Fsp3) is 0.611. The molecule has 1 aromatic carbocycles. The fourth-order valence-corrected chi connectivity index (χ4v) is 4.03. The highest BCUT2D eigenvalue weighted by Crippen LogP contribution is 2.23. The topological polar surface area (TPSA) is 66.5 Å². The van der Waals surface area contributed by atoms with Gasteiger partial charge in [0.15, 0.2) is 0 Å². The molecule has 142 valence electrons. The van der Waals surface area contributed by atoms with E-state index in [0.717, 1.165) is 36.2 Å². The second-order valence-corrected chi connectivity index (χ2v) is 8.67. The number of benzene rings is 1. The van der Waals surface area contributed by atoms with Gasteiger partial charge in [0.1, 0.15) is 6.04 Å². The number of rotatable bonds is 10.